The zero-order valence-corrected chi connectivity index (χ0v) is 14.0. The SMILES string of the molecule is CCC(C)(C)c1ccc(Oc2ncc(CCl)cc2Cl)cc1. The molecule has 1 heterocycles. The number of benzene rings is 1. The molecule has 2 rings (SSSR count). The summed E-state index contributed by atoms with van der Waals surface area (Å²) >= 11 is 11.9. The Morgan fingerprint density at radius 1 is 1.19 bits per heavy atom. The summed E-state index contributed by atoms with van der Waals surface area (Å²) in [5.41, 5.74) is 2.32. The third-order valence-corrected chi connectivity index (χ3v) is 4.33. The van der Waals surface area contributed by atoms with E-state index >= 15 is 0 Å². The molecule has 0 N–H and O–H groups in total. The lowest BCUT2D eigenvalue weighted by molar-refractivity contribution is 0.460. The van der Waals surface area contributed by atoms with Gasteiger partial charge in [-0.2, -0.15) is 0 Å². The molecular weight excluding hydrogens is 305 g/mol. The van der Waals surface area contributed by atoms with Gasteiger partial charge in [0.25, 0.3) is 0 Å². The van der Waals surface area contributed by atoms with Crippen molar-refractivity contribution < 1.29 is 4.74 Å². The van der Waals surface area contributed by atoms with Crippen molar-refractivity contribution >= 4 is 23.2 Å². The van der Waals surface area contributed by atoms with E-state index in [4.69, 9.17) is 27.9 Å². The molecule has 0 spiro atoms. The van der Waals surface area contributed by atoms with Crippen molar-refractivity contribution in [3.05, 3.63) is 52.7 Å². The van der Waals surface area contributed by atoms with Gasteiger partial charge in [0.05, 0.1) is 0 Å². The Labute approximate surface area is 136 Å². The van der Waals surface area contributed by atoms with Crippen molar-refractivity contribution in [2.75, 3.05) is 0 Å². The number of alkyl halides is 1. The second kappa shape index (κ2) is 6.67. The van der Waals surface area contributed by atoms with Gasteiger partial charge >= 0.3 is 0 Å². The number of pyridine rings is 1. The first kappa shape index (κ1) is 16.1. The molecule has 0 bridgehead atoms. The van der Waals surface area contributed by atoms with Crippen LogP contribution in [0.4, 0.5) is 0 Å². The van der Waals surface area contributed by atoms with Gasteiger partial charge in [-0.25, -0.2) is 4.98 Å². The van der Waals surface area contributed by atoms with Crippen LogP contribution in [0.3, 0.4) is 0 Å². The molecule has 21 heavy (non-hydrogen) atoms. The quantitative estimate of drug-likeness (QED) is 0.634. The van der Waals surface area contributed by atoms with Gasteiger partial charge in [0, 0.05) is 12.1 Å². The van der Waals surface area contributed by atoms with Gasteiger partial charge in [0.2, 0.25) is 5.88 Å². The minimum Gasteiger partial charge on any atom is -0.438 e. The molecule has 0 fully saturated rings. The zero-order chi connectivity index (χ0) is 15.5. The van der Waals surface area contributed by atoms with E-state index in [1.54, 1.807) is 12.3 Å². The Morgan fingerprint density at radius 2 is 1.86 bits per heavy atom. The number of hydrogen-bond acceptors (Lipinski definition) is 2. The molecule has 0 saturated heterocycles. The van der Waals surface area contributed by atoms with Gasteiger partial charge < -0.3 is 4.74 Å². The molecule has 2 nitrogen and oxygen atoms in total. The highest BCUT2D eigenvalue weighted by Gasteiger charge is 2.17. The van der Waals surface area contributed by atoms with Crippen molar-refractivity contribution in [2.24, 2.45) is 0 Å². The Kier molecular flexibility index (Phi) is 5.13. The highest BCUT2D eigenvalue weighted by molar-refractivity contribution is 6.32. The van der Waals surface area contributed by atoms with Crippen LogP contribution in [0.1, 0.15) is 38.3 Å². The Morgan fingerprint density at radius 3 is 2.38 bits per heavy atom. The average molecular weight is 324 g/mol. The minimum atomic E-state index is 0.163. The third-order valence-electron chi connectivity index (χ3n) is 3.75. The van der Waals surface area contributed by atoms with Gasteiger partial charge in [-0.15, -0.1) is 11.6 Å². The van der Waals surface area contributed by atoms with Crippen LogP contribution in [0, 0.1) is 0 Å². The van der Waals surface area contributed by atoms with Crippen molar-refractivity contribution in [1.82, 2.24) is 4.98 Å². The van der Waals surface area contributed by atoms with E-state index in [2.05, 4.69) is 37.9 Å². The number of hydrogen-bond donors (Lipinski definition) is 0. The van der Waals surface area contributed by atoms with E-state index in [0.717, 1.165) is 17.7 Å². The van der Waals surface area contributed by atoms with Crippen LogP contribution in [0.15, 0.2) is 36.5 Å². The summed E-state index contributed by atoms with van der Waals surface area (Å²) in [5.74, 6) is 1.50. The van der Waals surface area contributed by atoms with Crippen LogP contribution in [0.2, 0.25) is 5.02 Å². The molecular formula is C17H19Cl2NO. The average Bonchev–Trinajstić information content (AvgIpc) is 2.50. The summed E-state index contributed by atoms with van der Waals surface area (Å²) in [6.07, 6.45) is 2.75. The molecule has 2 aromatic rings. The highest BCUT2D eigenvalue weighted by atomic mass is 35.5. The maximum Gasteiger partial charge on any atom is 0.238 e. The molecule has 0 unspecified atom stereocenters. The summed E-state index contributed by atoms with van der Waals surface area (Å²) in [4.78, 5) is 4.19. The third kappa shape index (κ3) is 3.90. The fraction of sp³-hybridized carbons (Fsp3) is 0.353. The largest absolute Gasteiger partial charge is 0.438 e. The first-order valence-corrected chi connectivity index (χ1v) is 7.86. The van der Waals surface area contributed by atoms with Crippen LogP contribution < -0.4 is 4.74 Å². The minimum absolute atomic E-state index is 0.163. The van der Waals surface area contributed by atoms with Gasteiger partial charge in [-0.05, 0) is 41.2 Å². The number of halogens is 2. The normalized spacial score (nSPS) is 11.5. The van der Waals surface area contributed by atoms with E-state index in [0.29, 0.717) is 16.8 Å². The Balaban J connectivity index is 2.17. The first-order valence-electron chi connectivity index (χ1n) is 6.95. The Bertz CT molecular complexity index is 609. The topological polar surface area (TPSA) is 22.1 Å². The molecule has 0 aliphatic heterocycles. The molecule has 1 aromatic carbocycles. The lowest BCUT2D eigenvalue weighted by Crippen LogP contribution is -2.14. The van der Waals surface area contributed by atoms with Crippen molar-refractivity contribution in [1.29, 1.82) is 0 Å². The predicted octanol–water partition coefficient (Wildman–Crippen LogP) is 5.95. The highest BCUT2D eigenvalue weighted by Crippen LogP contribution is 2.31. The summed E-state index contributed by atoms with van der Waals surface area (Å²) in [6, 6.07) is 9.83. The fourth-order valence-electron chi connectivity index (χ4n) is 1.90. The van der Waals surface area contributed by atoms with Crippen LogP contribution in [0.25, 0.3) is 0 Å². The van der Waals surface area contributed by atoms with Crippen LogP contribution in [-0.4, -0.2) is 4.98 Å². The summed E-state index contributed by atoms with van der Waals surface area (Å²) < 4.78 is 5.72. The lowest BCUT2D eigenvalue weighted by Gasteiger charge is -2.23. The van der Waals surface area contributed by atoms with Crippen LogP contribution in [-0.2, 0) is 11.3 Å². The van der Waals surface area contributed by atoms with E-state index in [1.165, 1.54) is 5.56 Å². The molecule has 0 saturated carbocycles. The number of aromatic nitrogens is 1. The van der Waals surface area contributed by atoms with Gasteiger partial charge in [-0.3, -0.25) is 0 Å². The standard InChI is InChI=1S/C17H19Cl2NO/c1-4-17(2,3)13-5-7-14(8-6-13)21-16-15(19)9-12(10-18)11-20-16/h5-9,11H,4,10H2,1-3H3. The maximum absolute atomic E-state index is 6.14. The van der Waals surface area contributed by atoms with Crippen molar-refractivity contribution in [3.8, 4) is 11.6 Å². The predicted molar refractivity (Wildman–Crippen MR) is 88.6 cm³/mol. The van der Waals surface area contributed by atoms with Crippen LogP contribution >= 0.6 is 23.2 Å². The summed E-state index contributed by atoms with van der Waals surface area (Å²) in [7, 11) is 0. The van der Waals surface area contributed by atoms with E-state index in [-0.39, 0.29) is 5.41 Å². The number of rotatable bonds is 5. The summed E-state index contributed by atoms with van der Waals surface area (Å²) in [6.45, 7) is 6.64. The van der Waals surface area contributed by atoms with Crippen molar-refractivity contribution in [2.45, 2.75) is 38.5 Å². The second-order valence-electron chi connectivity index (χ2n) is 5.63. The van der Waals surface area contributed by atoms with Gasteiger partial charge in [0.15, 0.2) is 0 Å². The fourth-order valence-corrected chi connectivity index (χ4v) is 2.28. The molecule has 0 aliphatic carbocycles. The first-order chi connectivity index (χ1) is 9.96. The Hall–Kier alpha value is -1.25. The molecule has 4 heteroatoms. The lowest BCUT2D eigenvalue weighted by atomic mass is 9.82. The molecule has 0 aliphatic rings. The monoisotopic (exact) mass is 323 g/mol. The van der Waals surface area contributed by atoms with E-state index in [9.17, 15) is 0 Å². The molecule has 0 amide bonds. The van der Waals surface area contributed by atoms with E-state index < -0.39 is 0 Å². The zero-order valence-electron chi connectivity index (χ0n) is 12.5. The molecule has 112 valence electrons. The maximum atomic E-state index is 6.14. The number of ether oxygens (including phenoxy) is 1. The smallest absolute Gasteiger partial charge is 0.238 e. The van der Waals surface area contributed by atoms with Crippen LogP contribution in [0.5, 0.6) is 11.6 Å². The molecule has 1 aromatic heterocycles. The molecule has 0 radical (unpaired) electrons. The van der Waals surface area contributed by atoms with Gasteiger partial charge in [0.1, 0.15) is 10.8 Å². The van der Waals surface area contributed by atoms with E-state index in [1.807, 2.05) is 12.1 Å². The summed E-state index contributed by atoms with van der Waals surface area (Å²) in [5, 5.41) is 0.464. The number of nitrogens with zero attached hydrogens (tertiary/aromatic N) is 1. The second-order valence-corrected chi connectivity index (χ2v) is 6.30. The van der Waals surface area contributed by atoms with Crippen molar-refractivity contribution in [3.63, 3.8) is 0 Å². The van der Waals surface area contributed by atoms with Gasteiger partial charge in [-0.1, -0.05) is 44.5 Å². The molecule has 0 atom stereocenters.